The van der Waals surface area contributed by atoms with Crippen molar-refractivity contribution in [3.63, 3.8) is 0 Å². The summed E-state index contributed by atoms with van der Waals surface area (Å²) in [6.07, 6.45) is 2.18. The smallest absolute Gasteiger partial charge is 0.319 e. The second kappa shape index (κ2) is 6.31. The molecule has 0 spiro atoms. The zero-order valence-electron chi connectivity index (χ0n) is 11.9. The molecule has 0 unspecified atom stereocenters. The fraction of sp³-hybridized carbons (Fsp3) is 0.235. The minimum Gasteiger partial charge on any atom is -0.337 e. The number of urea groups is 1. The molecule has 0 bridgehead atoms. The van der Waals surface area contributed by atoms with Crippen molar-refractivity contribution in [3.8, 4) is 0 Å². The predicted molar refractivity (Wildman–Crippen MR) is 93.5 cm³/mol. The van der Waals surface area contributed by atoms with E-state index >= 15 is 0 Å². The summed E-state index contributed by atoms with van der Waals surface area (Å²) in [5.74, 6) is 0. The van der Waals surface area contributed by atoms with Crippen LogP contribution < -0.4 is 10.6 Å². The van der Waals surface area contributed by atoms with E-state index in [0.29, 0.717) is 6.54 Å². The summed E-state index contributed by atoms with van der Waals surface area (Å²) in [6, 6.07) is 15.2. The van der Waals surface area contributed by atoms with E-state index < -0.39 is 0 Å². The molecule has 0 aromatic heterocycles. The Kier molecular flexibility index (Phi) is 4.41. The summed E-state index contributed by atoms with van der Waals surface area (Å²) in [7, 11) is 0. The Morgan fingerprint density at radius 2 is 1.91 bits per heavy atom. The van der Waals surface area contributed by atoms with Crippen molar-refractivity contribution in [2.75, 3.05) is 11.9 Å². The number of anilines is 1. The van der Waals surface area contributed by atoms with Crippen molar-refractivity contribution in [1.29, 1.82) is 0 Å². The Morgan fingerprint density at radius 3 is 2.55 bits per heavy atom. The van der Waals surface area contributed by atoms with Gasteiger partial charge >= 0.3 is 6.03 Å². The highest BCUT2D eigenvalue weighted by Crippen LogP contribution is 2.47. The topological polar surface area (TPSA) is 41.1 Å². The molecule has 114 valence electrons. The molecule has 1 aliphatic carbocycles. The molecule has 2 aromatic carbocycles. The highest BCUT2D eigenvalue weighted by Gasteiger charge is 2.44. The standard InChI is InChI=1S/C17H16BrClN2O/c18-13-2-1-3-15(10-13)21-16(22)20-11-17(8-9-17)12-4-6-14(19)7-5-12/h1-7,10H,8-9,11H2,(H2,20,21,22). The van der Waals surface area contributed by atoms with Gasteiger partial charge in [-0.3, -0.25) is 0 Å². The Hall–Kier alpha value is -1.52. The summed E-state index contributed by atoms with van der Waals surface area (Å²) in [6.45, 7) is 0.633. The third kappa shape index (κ3) is 3.62. The molecule has 3 rings (SSSR count). The summed E-state index contributed by atoms with van der Waals surface area (Å²) >= 11 is 9.32. The molecule has 0 atom stereocenters. The van der Waals surface area contributed by atoms with Gasteiger partial charge in [-0.2, -0.15) is 0 Å². The van der Waals surface area contributed by atoms with Crippen molar-refractivity contribution in [2.24, 2.45) is 0 Å². The van der Waals surface area contributed by atoms with E-state index in [1.807, 2.05) is 48.5 Å². The molecule has 0 aliphatic heterocycles. The van der Waals surface area contributed by atoms with E-state index in [9.17, 15) is 4.79 Å². The molecule has 0 radical (unpaired) electrons. The van der Waals surface area contributed by atoms with E-state index in [0.717, 1.165) is 28.0 Å². The molecule has 3 nitrogen and oxygen atoms in total. The molecular formula is C17H16BrClN2O. The van der Waals surface area contributed by atoms with Gasteiger partial charge in [0.25, 0.3) is 0 Å². The van der Waals surface area contributed by atoms with Crippen LogP contribution >= 0.6 is 27.5 Å². The maximum atomic E-state index is 12.0. The second-order valence-corrected chi connectivity index (χ2v) is 6.96. The zero-order valence-corrected chi connectivity index (χ0v) is 14.2. The second-order valence-electron chi connectivity index (χ2n) is 5.61. The molecule has 0 heterocycles. The molecule has 2 aromatic rings. The van der Waals surface area contributed by atoms with E-state index in [4.69, 9.17) is 11.6 Å². The average Bonchev–Trinajstić information content (AvgIpc) is 3.27. The molecule has 1 aliphatic rings. The highest BCUT2D eigenvalue weighted by molar-refractivity contribution is 9.10. The van der Waals surface area contributed by atoms with Crippen LogP contribution in [0.4, 0.5) is 10.5 Å². The van der Waals surface area contributed by atoms with Gasteiger partial charge < -0.3 is 10.6 Å². The first-order chi connectivity index (χ1) is 10.6. The van der Waals surface area contributed by atoms with Crippen LogP contribution in [0.2, 0.25) is 5.02 Å². The lowest BCUT2D eigenvalue weighted by Crippen LogP contribution is -2.35. The molecule has 0 saturated heterocycles. The summed E-state index contributed by atoms with van der Waals surface area (Å²) in [5.41, 5.74) is 2.07. The van der Waals surface area contributed by atoms with E-state index in [1.54, 1.807) is 0 Å². The van der Waals surface area contributed by atoms with Gasteiger partial charge in [0.05, 0.1) is 0 Å². The normalized spacial score (nSPS) is 15.2. The van der Waals surface area contributed by atoms with Crippen molar-refractivity contribution < 1.29 is 4.79 Å². The quantitative estimate of drug-likeness (QED) is 0.775. The first-order valence-corrected chi connectivity index (χ1v) is 8.31. The van der Waals surface area contributed by atoms with Gasteiger partial charge in [0.15, 0.2) is 0 Å². The first kappa shape index (κ1) is 15.4. The van der Waals surface area contributed by atoms with Crippen LogP contribution in [0, 0.1) is 0 Å². The van der Waals surface area contributed by atoms with Crippen molar-refractivity contribution in [1.82, 2.24) is 5.32 Å². The number of hydrogen-bond acceptors (Lipinski definition) is 1. The number of benzene rings is 2. The lowest BCUT2D eigenvalue weighted by atomic mass is 9.96. The maximum Gasteiger partial charge on any atom is 0.319 e. The molecule has 2 amide bonds. The number of carbonyl (C=O) groups excluding carboxylic acids is 1. The number of nitrogens with one attached hydrogen (secondary N) is 2. The Labute approximate surface area is 143 Å². The van der Waals surface area contributed by atoms with E-state index in [-0.39, 0.29) is 11.4 Å². The monoisotopic (exact) mass is 378 g/mol. The number of amides is 2. The van der Waals surface area contributed by atoms with Crippen LogP contribution in [0.15, 0.2) is 53.0 Å². The summed E-state index contributed by atoms with van der Waals surface area (Å²) in [4.78, 5) is 12.0. The largest absolute Gasteiger partial charge is 0.337 e. The van der Waals surface area contributed by atoms with Crippen molar-refractivity contribution in [2.45, 2.75) is 18.3 Å². The molecule has 1 saturated carbocycles. The van der Waals surface area contributed by atoms with Gasteiger partial charge in [0, 0.05) is 27.1 Å². The van der Waals surface area contributed by atoms with Crippen LogP contribution in [0.1, 0.15) is 18.4 Å². The van der Waals surface area contributed by atoms with Crippen LogP contribution in [-0.4, -0.2) is 12.6 Å². The Balaban J connectivity index is 1.58. The number of hydrogen-bond donors (Lipinski definition) is 2. The van der Waals surface area contributed by atoms with E-state index in [2.05, 4.69) is 26.6 Å². The van der Waals surface area contributed by atoms with Crippen LogP contribution in [0.5, 0.6) is 0 Å². The zero-order chi connectivity index (χ0) is 15.6. The summed E-state index contributed by atoms with van der Waals surface area (Å²) < 4.78 is 0.935. The SMILES string of the molecule is O=C(NCC1(c2ccc(Cl)cc2)CC1)Nc1cccc(Br)c1. The van der Waals surface area contributed by atoms with Gasteiger partial charge in [-0.1, -0.05) is 45.7 Å². The fourth-order valence-corrected chi connectivity index (χ4v) is 3.04. The molecule has 5 heteroatoms. The maximum absolute atomic E-state index is 12.0. The van der Waals surface area contributed by atoms with Gasteiger partial charge in [-0.15, -0.1) is 0 Å². The molecule has 1 fully saturated rings. The number of rotatable bonds is 4. The van der Waals surface area contributed by atoms with Gasteiger partial charge in [-0.05, 0) is 48.7 Å². The van der Waals surface area contributed by atoms with Gasteiger partial charge in [0.1, 0.15) is 0 Å². The van der Waals surface area contributed by atoms with Crippen molar-refractivity contribution in [3.05, 3.63) is 63.6 Å². The highest BCUT2D eigenvalue weighted by atomic mass is 79.9. The Bertz CT molecular complexity index is 683. The Morgan fingerprint density at radius 1 is 1.18 bits per heavy atom. The van der Waals surface area contributed by atoms with Gasteiger partial charge in [-0.25, -0.2) is 4.79 Å². The third-order valence-electron chi connectivity index (χ3n) is 3.98. The van der Waals surface area contributed by atoms with Crippen LogP contribution in [0.25, 0.3) is 0 Å². The minimum absolute atomic E-state index is 0.0687. The average molecular weight is 380 g/mol. The predicted octanol–water partition coefficient (Wildman–Crippen LogP) is 4.96. The van der Waals surface area contributed by atoms with Crippen LogP contribution in [-0.2, 0) is 5.41 Å². The number of halogens is 2. The molecule has 22 heavy (non-hydrogen) atoms. The summed E-state index contributed by atoms with van der Waals surface area (Å²) in [5, 5.41) is 6.55. The van der Waals surface area contributed by atoms with Crippen molar-refractivity contribution >= 4 is 39.2 Å². The molecular weight excluding hydrogens is 364 g/mol. The molecule has 2 N–H and O–H groups in total. The first-order valence-electron chi connectivity index (χ1n) is 7.14. The van der Waals surface area contributed by atoms with E-state index in [1.165, 1.54) is 5.56 Å². The lowest BCUT2D eigenvalue weighted by Gasteiger charge is -2.17. The fourth-order valence-electron chi connectivity index (χ4n) is 2.51. The third-order valence-corrected chi connectivity index (χ3v) is 4.73. The van der Waals surface area contributed by atoms with Gasteiger partial charge in [0.2, 0.25) is 0 Å². The number of carbonyl (C=O) groups is 1. The lowest BCUT2D eigenvalue weighted by molar-refractivity contribution is 0.251. The van der Waals surface area contributed by atoms with Crippen LogP contribution in [0.3, 0.4) is 0 Å². The minimum atomic E-state index is -0.182.